The average molecular weight is 1100 g/mol. The lowest BCUT2D eigenvalue weighted by Gasteiger charge is -2.27. The molecule has 0 aromatic heterocycles. The number of esters is 1. The van der Waals surface area contributed by atoms with Crippen molar-refractivity contribution in [3.63, 3.8) is 0 Å². The number of hydrogen-bond acceptors (Lipinski definition) is 6. The first-order chi connectivity index (χ1) is 37.4. The predicted molar refractivity (Wildman–Crippen MR) is 332 cm³/mol. The maximum atomic E-state index is 13.5. The molecule has 2 N–H and O–H groups in total. The molecule has 0 aliphatic rings. The van der Waals surface area contributed by atoms with Crippen molar-refractivity contribution in [2.75, 3.05) is 40.9 Å². The fourth-order valence-corrected chi connectivity index (χ4v) is 9.94. The zero-order valence-corrected chi connectivity index (χ0v) is 52.1. The number of unbranched alkanes of at least 4 members (excludes halogenated alkanes) is 34. The summed E-state index contributed by atoms with van der Waals surface area (Å²) in [5.41, 5.74) is 0. The van der Waals surface area contributed by atoms with Crippen molar-refractivity contribution < 1.29 is 37.3 Å². The van der Waals surface area contributed by atoms with Crippen molar-refractivity contribution in [1.82, 2.24) is 5.32 Å². The summed E-state index contributed by atoms with van der Waals surface area (Å²) in [5, 5.41) is 3.05. The number of ether oxygens (including phenoxy) is 1. The molecule has 0 saturated heterocycles. The molecule has 10 heteroatoms. The van der Waals surface area contributed by atoms with Crippen molar-refractivity contribution in [2.45, 2.75) is 303 Å². The van der Waals surface area contributed by atoms with Gasteiger partial charge in [-0.3, -0.25) is 18.6 Å². The Labute approximate surface area is 476 Å². The predicted octanol–water partition coefficient (Wildman–Crippen LogP) is 20.0. The molecule has 9 nitrogen and oxygen atoms in total. The third kappa shape index (κ3) is 57.9. The highest BCUT2D eigenvalue weighted by atomic mass is 31.2. The number of nitrogens with zero attached hydrogens (tertiary/aromatic N) is 1. The van der Waals surface area contributed by atoms with Crippen molar-refractivity contribution in [3.05, 3.63) is 72.9 Å². The standard InChI is InChI=1S/C67H123N2O7P/c1-7-10-13-16-19-22-25-27-29-30-31-32-33-34-35-36-37-38-40-42-45-48-51-54-57-60-67(71)76-65(58-55-52-49-46-43-24-21-18-15-12-9-3)64(63-75-77(72,73)74-62-61-69(4,5)6)68-66(70)59-56-53-50-47-44-41-39-28-26-23-20-17-14-11-8-2/h11,14,17,19-20,22-23,26-27,29,55,58,64-65H,7-10,12-13,15-16,18,21,24-25,28,30-54,56-57,59-63H2,1-6H3,(H-,68,70,72,73)/p+1/b14-11+,20-17+,22-19-,26-23+,29-27-,58-55-. The zero-order chi connectivity index (χ0) is 56.4. The van der Waals surface area contributed by atoms with Gasteiger partial charge in [0.2, 0.25) is 5.91 Å². The van der Waals surface area contributed by atoms with E-state index in [1.54, 1.807) is 0 Å². The van der Waals surface area contributed by atoms with Gasteiger partial charge >= 0.3 is 13.8 Å². The third-order valence-corrected chi connectivity index (χ3v) is 15.2. The van der Waals surface area contributed by atoms with E-state index in [1.165, 1.54) is 173 Å². The molecule has 0 bridgehead atoms. The highest BCUT2D eigenvalue weighted by Crippen LogP contribution is 2.43. The van der Waals surface area contributed by atoms with Gasteiger partial charge in [0.25, 0.3) is 0 Å². The zero-order valence-electron chi connectivity index (χ0n) is 51.2. The summed E-state index contributed by atoms with van der Waals surface area (Å²) >= 11 is 0. The number of allylic oxidation sites excluding steroid dienone is 11. The number of likely N-dealkylation sites (N-methyl/N-ethyl adjacent to an activating group) is 1. The maximum Gasteiger partial charge on any atom is 0.472 e. The Bertz CT molecular complexity index is 1550. The summed E-state index contributed by atoms with van der Waals surface area (Å²) < 4.78 is 30.7. The molecule has 0 aliphatic heterocycles. The molecular weight excluding hydrogens is 976 g/mol. The molecule has 0 aliphatic carbocycles. The van der Waals surface area contributed by atoms with E-state index in [1.807, 2.05) is 33.3 Å². The van der Waals surface area contributed by atoms with Crippen molar-refractivity contribution in [1.29, 1.82) is 0 Å². The van der Waals surface area contributed by atoms with Crippen molar-refractivity contribution in [3.8, 4) is 0 Å². The van der Waals surface area contributed by atoms with E-state index in [2.05, 4.69) is 86.8 Å². The van der Waals surface area contributed by atoms with Gasteiger partial charge in [-0.1, -0.05) is 267 Å². The number of phosphoric acid groups is 1. The number of phosphoric ester groups is 1. The van der Waals surface area contributed by atoms with Crippen molar-refractivity contribution in [2.24, 2.45) is 0 Å². The fourth-order valence-electron chi connectivity index (χ4n) is 9.21. The molecular formula is C67H124N2O7P+. The Morgan fingerprint density at radius 2 is 0.883 bits per heavy atom. The molecule has 0 radical (unpaired) electrons. The van der Waals surface area contributed by atoms with Gasteiger partial charge in [0.1, 0.15) is 19.3 Å². The van der Waals surface area contributed by atoms with Crippen LogP contribution in [0.3, 0.4) is 0 Å². The number of quaternary nitrogens is 1. The van der Waals surface area contributed by atoms with Crippen LogP contribution in [0.1, 0.15) is 290 Å². The SMILES string of the molecule is CC/C=C/C=C/C=C/CCCCCCCCCC(=O)NC(COP(=O)(O)OCC[N+](C)(C)C)C(/C=C\CCCCCCCCCCC)OC(=O)CCCCCCCCCCCCCCCCC/C=C\C/C=C\CCCCC. The molecule has 0 aromatic rings. The molecule has 0 fully saturated rings. The quantitative estimate of drug-likeness (QED) is 0.0156. The van der Waals surface area contributed by atoms with E-state index in [0.29, 0.717) is 17.4 Å². The number of carbonyl (C=O) groups excluding carboxylic acids is 2. The second-order valence-corrected chi connectivity index (χ2v) is 24.4. The molecule has 0 saturated carbocycles. The van der Waals surface area contributed by atoms with Crippen LogP contribution in [0.4, 0.5) is 0 Å². The van der Waals surface area contributed by atoms with Crippen LogP contribution in [0.25, 0.3) is 0 Å². The second kappa shape index (κ2) is 56.7. The summed E-state index contributed by atoms with van der Waals surface area (Å²) in [5.74, 6) is -0.515. The topological polar surface area (TPSA) is 111 Å². The molecule has 0 spiro atoms. The minimum Gasteiger partial charge on any atom is -0.456 e. The van der Waals surface area contributed by atoms with Gasteiger partial charge in [0, 0.05) is 12.8 Å². The highest BCUT2D eigenvalue weighted by molar-refractivity contribution is 7.47. The van der Waals surface area contributed by atoms with Crippen LogP contribution in [-0.2, 0) is 27.9 Å². The number of amides is 1. The van der Waals surface area contributed by atoms with Crippen LogP contribution in [0.2, 0.25) is 0 Å². The van der Waals surface area contributed by atoms with E-state index >= 15 is 0 Å². The maximum absolute atomic E-state index is 13.5. The van der Waals surface area contributed by atoms with Gasteiger partial charge in [-0.25, -0.2) is 4.57 Å². The Hall–Kier alpha value is -2.55. The third-order valence-electron chi connectivity index (χ3n) is 14.2. The van der Waals surface area contributed by atoms with Crippen molar-refractivity contribution >= 4 is 19.7 Å². The van der Waals surface area contributed by atoms with Crippen LogP contribution >= 0.6 is 7.82 Å². The van der Waals surface area contributed by atoms with Crippen LogP contribution in [0.15, 0.2) is 72.9 Å². The average Bonchev–Trinajstić information content (AvgIpc) is 3.39. The van der Waals surface area contributed by atoms with Crippen LogP contribution in [-0.4, -0.2) is 74.3 Å². The molecule has 0 heterocycles. The van der Waals surface area contributed by atoms with Gasteiger partial charge in [-0.05, 0) is 83.1 Å². The summed E-state index contributed by atoms with van der Waals surface area (Å²) in [6, 6.07) is -0.856. The molecule has 3 unspecified atom stereocenters. The lowest BCUT2D eigenvalue weighted by atomic mass is 10.0. The molecule has 0 rings (SSSR count). The van der Waals surface area contributed by atoms with E-state index < -0.39 is 20.0 Å². The Morgan fingerprint density at radius 3 is 1.36 bits per heavy atom. The molecule has 1 amide bonds. The Kier molecular flexibility index (Phi) is 54.8. The fraction of sp³-hybridized carbons (Fsp3) is 0.791. The summed E-state index contributed by atoms with van der Waals surface area (Å²) in [6.07, 6.45) is 73.4. The van der Waals surface area contributed by atoms with E-state index in [-0.39, 0.29) is 31.5 Å². The van der Waals surface area contributed by atoms with Gasteiger partial charge < -0.3 is 19.4 Å². The smallest absolute Gasteiger partial charge is 0.456 e. The largest absolute Gasteiger partial charge is 0.472 e. The van der Waals surface area contributed by atoms with Gasteiger partial charge in [0.05, 0.1) is 33.8 Å². The number of carbonyl (C=O) groups is 2. The second-order valence-electron chi connectivity index (χ2n) is 23.0. The molecule has 448 valence electrons. The van der Waals surface area contributed by atoms with E-state index in [4.69, 9.17) is 13.8 Å². The first-order valence-electron chi connectivity index (χ1n) is 32.3. The summed E-state index contributed by atoms with van der Waals surface area (Å²) in [6.45, 7) is 6.86. The van der Waals surface area contributed by atoms with E-state index in [0.717, 1.165) is 83.5 Å². The van der Waals surface area contributed by atoms with Crippen LogP contribution in [0.5, 0.6) is 0 Å². The lowest BCUT2D eigenvalue weighted by molar-refractivity contribution is -0.870. The lowest BCUT2D eigenvalue weighted by Crippen LogP contribution is -2.47. The Morgan fingerprint density at radius 1 is 0.481 bits per heavy atom. The molecule has 77 heavy (non-hydrogen) atoms. The normalized spacial score (nSPS) is 14.1. The minimum absolute atomic E-state index is 0.0361. The first kappa shape index (κ1) is 74.5. The highest BCUT2D eigenvalue weighted by Gasteiger charge is 2.30. The monoisotopic (exact) mass is 1100 g/mol. The summed E-state index contributed by atoms with van der Waals surface area (Å²) in [7, 11) is 1.49. The first-order valence-corrected chi connectivity index (χ1v) is 33.8. The number of hydrogen-bond donors (Lipinski definition) is 2. The van der Waals surface area contributed by atoms with Gasteiger partial charge in [-0.15, -0.1) is 0 Å². The molecule has 0 aromatic carbocycles. The van der Waals surface area contributed by atoms with Gasteiger partial charge in [0.15, 0.2) is 0 Å². The van der Waals surface area contributed by atoms with E-state index in [9.17, 15) is 19.0 Å². The van der Waals surface area contributed by atoms with Gasteiger partial charge in [-0.2, -0.15) is 0 Å². The summed E-state index contributed by atoms with van der Waals surface area (Å²) in [4.78, 5) is 37.7. The number of rotatable bonds is 58. The Balaban J connectivity index is 5.06. The molecule has 3 atom stereocenters. The van der Waals surface area contributed by atoms with Crippen LogP contribution < -0.4 is 5.32 Å². The van der Waals surface area contributed by atoms with Crippen LogP contribution in [0, 0.1) is 0 Å². The minimum atomic E-state index is -4.45. The number of nitrogens with one attached hydrogen (secondary N) is 1.